The summed E-state index contributed by atoms with van der Waals surface area (Å²) in [5.74, 6) is -0.0505. The number of nitrogens with zero attached hydrogens (tertiary/aromatic N) is 4. The van der Waals surface area contributed by atoms with E-state index < -0.39 is 23.8 Å². The van der Waals surface area contributed by atoms with Crippen LogP contribution in [-0.2, 0) is 4.79 Å². The number of thioether (sulfide) groups is 1. The van der Waals surface area contributed by atoms with Gasteiger partial charge in [-0.15, -0.1) is 0 Å². The van der Waals surface area contributed by atoms with Gasteiger partial charge in [-0.25, -0.2) is 4.39 Å². The summed E-state index contributed by atoms with van der Waals surface area (Å²) in [6.07, 6.45) is 2.63. The zero-order valence-electron chi connectivity index (χ0n) is 19.7. The van der Waals surface area contributed by atoms with Gasteiger partial charge in [0.05, 0.1) is 27.8 Å². The van der Waals surface area contributed by atoms with Crippen molar-refractivity contribution < 1.29 is 26.9 Å². The Bertz CT molecular complexity index is 1260. The van der Waals surface area contributed by atoms with Crippen molar-refractivity contribution in [3.05, 3.63) is 30.3 Å². The summed E-state index contributed by atoms with van der Waals surface area (Å²) in [4.78, 5) is 18.3. The van der Waals surface area contributed by atoms with Crippen molar-refractivity contribution in [1.29, 1.82) is 0 Å². The number of hydrogen-bond acceptors (Lipinski definition) is 7. The molecule has 3 atom stereocenters. The number of piperidine rings is 1. The Balaban J connectivity index is 1.48. The Morgan fingerprint density at radius 3 is 2.78 bits per heavy atom. The Morgan fingerprint density at radius 1 is 1.31 bits per heavy atom. The molecular weight excluding hydrogens is 500 g/mol. The first kappa shape index (κ1) is 24.9. The Hall–Kier alpha value is -2.80. The molecule has 194 valence electrons. The molecule has 4 heterocycles. The summed E-state index contributed by atoms with van der Waals surface area (Å²) in [6.45, 7) is 2.67. The monoisotopic (exact) mass is 526 g/mol. The van der Waals surface area contributed by atoms with Gasteiger partial charge in [-0.2, -0.15) is 18.2 Å². The van der Waals surface area contributed by atoms with Gasteiger partial charge in [-0.05, 0) is 51.4 Å². The van der Waals surface area contributed by atoms with Gasteiger partial charge < -0.3 is 24.5 Å². The topological polar surface area (TPSA) is 87.7 Å². The SMILES string of the molecule is C[C@H](NC(=O)C1CC1)c1nc(-c2cc3c(N[C@@H]4CCN(C)C[C@@H]4F)cccn3c2SC(F)(F)F)no1. The van der Waals surface area contributed by atoms with Crippen molar-refractivity contribution in [2.75, 3.05) is 25.5 Å². The summed E-state index contributed by atoms with van der Waals surface area (Å²) >= 11 is -0.283. The van der Waals surface area contributed by atoms with Crippen molar-refractivity contribution in [3.63, 3.8) is 0 Å². The van der Waals surface area contributed by atoms with Crippen LogP contribution in [0.15, 0.2) is 33.9 Å². The minimum absolute atomic E-state index is 0.0131. The van der Waals surface area contributed by atoms with Crippen LogP contribution in [0, 0.1) is 5.92 Å². The first-order chi connectivity index (χ1) is 17.1. The molecule has 0 spiro atoms. The fourth-order valence-corrected chi connectivity index (χ4v) is 5.08. The normalized spacial score (nSPS) is 22.1. The number of anilines is 1. The third-order valence-electron chi connectivity index (χ3n) is 6.42. The molecule has 1 amide bonds. The van der Waals surface area contributed by atoms with Gasteiger partial charge in [0.1, 0.15) is 12.2 Å². The molecule has 1 saturated heterocycles. The van der Waals surface area contributed by atoms with Gasteiger partial charge in [0, 0.05) is 37.0 Å². The van der Waals surface area contributed by atoms with Gasteiger partial charge in [0.25, 0.3) is 0 Å². The summed E-state index contributed by atoms with van der Waals surface area (Å²) in [5.41, 5.74) is -3.49. The first-order valence-electron chi connectivity index (χ1n) is 11.7. The molecule has 2 aliphatic rings. The molecule has 0 bridgehead atoms. The van der Waals surface area contributed by atoms with Gasteiger partial charge >= 0.3 is 5.51 Å². The number of alkyl halides is 4. The molecule has 13 heteroatoms. The third-order valence-corrected chi connectivity index (χ3v) is 7.26. The molecule has 8 nitrogen and oxygen atoms in total. The molecule has 1 aliphatic carbocycles. The second kappa shape index (κ2) is 9.58. The largest absolute Gasteiger partial charge is 0.447 e. The van der Waals surface area contributed by atoms with Crippen molar-refractivity contribution in [2.24, 2.45) is 5.92 Å². The van der Waals surface area contributed by atoms with Crippen LogP contribution in [0.1, 0.15) is 38.1 Å². The Kier molecular flexibility index (Phi) is 6.62. The zero-order valence-corrected chi connectivity index (χ0v) is 20.5. The van der Waals surface area contributed by atoms with E-state index in [0.29, 0.717) is 24.2 Å². The number of rotatable bonds is 7. The van der Waals surface area contributed by atoms with E-state index in [1.807, 2.05) is 11.9 Å². The zero-order chi connectivity index (χ0) is 25.6. The Labute approximate surface area is 208 Å². The van der Waals surface area contributed by atoms with Gasteiger partial charge in [0.2, 0.25) is 17.6 Å². The van der Waals surface area contributed by atoms with E-state index >= 15 is 0 Å². The van der Waals surface area contributed by atoms with E-state index in [1.54, 1.807) is 25.1 Å². The van der Waals surface area contributed by atoms with E-state index in [2.05, 4.69) is 20.8 Å². The van der Waals surface area contributed by atoms with Crippen molar-refractivity contribution in [1.82, 2.24) is 24.8 Å². The van der Waals surface area contributed by atoms with Crippen LogP contribution in [-0.4, -0.2) is 63.2 Å². The average molecular weight is 527 g/mol. The quantitative estimate of drug-likeness (QED) is 0.343. The fourth-order valence-electron chi connectivity index (χ4n) is 4.35. The maximum atomic E-state index is 14.7. The minimum atomic E-state index is -4.57. The van der Waals surface area contributed by atoms with E-state index in [9.17, 15) is 22.4 Å². The lowest BCUT2D eigenvalue weighted by molar-refractivity contribution is -0.123. The smallest absolute Gasteiger partial charge is 0.378 e. The predicted octanol–water partition coefficient (Wildman–Crippen LogP) is 4.64. The second-order valence-corrected chi connectivity index (χ2v) is 10.4. The highest BCUT2D eigenvalue weighted by atomic mass is 32.2. The Morgan fingerprint density at radius 2 is 2.08 bits per heavy atom. The number of halogens is 4. The second-order valence-electron chi connectivity index (χ2n) is 9.37. The molecule has 36 heavy (non-hydrogen) atoms. The fraction of sp³-hybridized carbons (Fsp3) is 0.522. The highest BCUT2D eigenvalue weighted by molar-refractivity contribution is 8.00. The molecule has 2 fully saturated rings. The van der Waals surface area contributed by atoms with Crippen LogP contribution in [0.3, 0.4) is 0 Å². The lowest BCUT2D eigenvalue weighted by Crippen LogP contribution is -2.46. The number of carbonyl (C=O) groups is 1. The molecule has 0 radical (unpaired) electrons. The summed E-state index contributed by atoms with van der Waals surface area (Å²) in [7, 11) is 1.85. The van der Waals surface area contributed by atoms with Crippen LogP contribution in [0.5, 0.6) is 0 Å². The lowest BCUT2D eigenvalue weighted by Gasteiger charge is -2.33. The van der Waals surface area contributed by atoms with Gasteiger partial charge in [-0.1, -0.05) is 5.16 Å². The van der Waals surface area contributed by atoms with E-state index in [4.69, 9.17) is 4.52 Å². The minimum Gasteiger partial charge on any atom is -0.378 e. The molecule has 3 aromatic heterocycles. The average Bonchev–Trinajstić information content (AvgIpc) is 3.44. The van der Waals surface area contributed by atoms with Crippen molar-refractivity contribution in [3.8, 4) is 11.4 Å². The molecular formula is C23H26F4N6O2S. The number of hydrogen-bond donors (Lipinski definition) is 2. The third kappa shape index (κ3) is 5.31. The first-order valence-corrected chi connectivity index (χ1v) is 12.5. The number of carbonyl (C=O) groups excluding carboxylic acids is 1. The van der Waals surface area contributed by atoms with Crippen molar-refractivity contribution in [2.45, 2.75) is 55.0 Å². The summed E-state index contributed by atoms with van der Waals surface area (Å²) in [5, 5.41) is 9.75. The number of amides is 1. The number of aromatic nitrogens is 3. The maximum absolute atomic E-state index is 14.7. The number of pyridine rings is 1. The highest BCUT2D eigenvalue weighted by Crippen LogP contribution is 2.44. The number of fused-ring (bicyclic) bond motifs is 1. The molecule has 1 aliphatic heterocycles. The molecule has 3 aromatic rings. The summed E-state index contributed by atoms with van der Waals surface area (Å²) < 4.78 is 61.9. The van der Waals surface area contributed by atoms with Crippen LogP contribution in [0.2, 0.25) is 0 Å². The number of likely N-dealkylation sites (tertiary alicyclic amines) is 1. The molecule has 0 aromatic carbocycles. The molecule has 0 unspecified atom stereocenters. The molecule has 2 N–H and O–H groups in total. The van der Waals surface area contributed by atoms with E-state index in [-0.39, 0.29) is 52.4 Å². The van der Waals surface area contributed by atoms with Crippen LogP contribution in [0.4, 0.5) is 23.2 Å². The standard InChI is InChI=1S/C23H26F4N6O2S/c1-12(28-20(34)13-5-6-13)21-30-19(31-35-21)14-10-18-17(29-16-7-9-32(2)11-15(16)24)4-3-8-33(18)22(14)36-23(25,26)27/h3-4,8,10,12-13,15-16,29H,5-7,9,11H2,1-2H3,(H,28,34)/t12-,15-,16+/m0/s1. The van der Waals surface area contributed by atoms with Gasteiger partial charge in [-0.3, -0.25) is 4.79 Å². The lowest BCUT2D eigenvalue weighted by atomic mass is 10.0. The molecule has 1 saturated carbocycles. The van der Waals surface area contributed by atoms with E-state index in [1.165, 1.54) is 10.6 Å². The van der Waals surface area contributed by atoms with Crippen LogP contribution >= 0.6 is 11.8 Å². The number of nitrogens with one attached hydrogen (secondary N) is 2. The highest BCUT2D eigenvalue weighted by Gasteiger charge is 2.35. The maximum Gasteiger partial charge on any atom is 0.447 e. The van der Waals surface area contributed by atoms with Crippen molar-refractivity contribution >= 4 is 28.9 Å². The van der Waals surface area contributed by atoms with E-state index in [0.717, 1.165) is 12.8 Å². The van der Waals surface area contributed by atoms with Crippen LogP contribution in [0.25, 0.3) is 16.9 Å². The summed E-state index contributed by atoms with van der Waals surface area (Å²) in [6, 6.07) is 3.82. The van der Waals surface area contributed by atoms with Crippen LogP contribution < -0.4 is 10.6 Å². The van der Waals surface area contributed by atoms with Gasteiger partial charge in [0.15, 0.2) is 0 Å². The predicted molar refractivity (Wildman–Crippen MR) is 126 cm³/mol. The molecule has 5 rings (SSSR count).